The number of allylic oxidation sites excluding steroid dienone is 2. The molecule has 3 fully saturated rings. The molecule has 6 rings (SSSR count). The second kappa shape index (κ2) is 5.93. The fourth-order valence-electron chi connectivity index (χ4n) is 5.35. The van der Waals surface area contributed by atoms with Crippen LogP contribution in [0.15, 0.2) is 30.4 Å². The Bertz CT molecular complexity index is 859. The van der Waals surface area contributed by atoms with Crippen molar-refractivity contribution in [3.8, 4) is 0 Å². The van der Waals surface area contributed by atoms with E-state index in [-0.39, 0.29) is 54.4 Å². The van der Waals surface area contributed by atoms with E-state index in [2.05, 4.69) is 17.5 Å². The molecule has 1 aromatic rings. The van der Waals surface area contributed by atoms with E-state index in [0.29, 0.717) is 22.5 Å². The zero-order valence-electron chi connectivity index (χ0n) is 15.0. The number of aryl methyl sites for hydroxylation is 1. The Kier molecular flexibility index (Phi) is 3.73. The first-order valence-corrected chi connectivity index (χ1v) is 9.93. The maximum absolute atomic E-state index is 12.9. The summed E-state index contributed by atoms with van der Waals surface area (Å²) in [6.45, 7) is 2.04. The van der Waals surface area contributed by atoms with Crippen LogP contribution < -0.4 is 5.32 Å². The van der Waals surface area contributed by atoms with Crippen LogP contribution >= 0.6 is 11.6 Å². The molecule has 4 aliphatic carbocycles. The number of nitrogens with zero attached hydrogens (tertiary/aromatic N) is 1. The first-order chi connectivity index (χ1) is 13.0. The second-order valence-electron chi connectivity index (χ2n) is 8.24. The van der Waals surface area contributed by atoms with E-state index >= 15 is 0 Å². The molecule has 3 amide bonds. The van der Waals surface area contributed by atoms with Gasteiger partial charge in [-0.15, -0.1) is 0 Å². The Hall–Kier alpha value is -2.14. The summed E-state index contributed by atoms with van der Waals surface area (Å²) in [4.78, 5) is 39.4. The average Bonchev–Trinajstić information content (AvgIpc) is 3.42. The highest BCUT2D eigenvalue weighted by molar-refractivity contribution is 6.31. The number of benzene rings is 1. The van der Waals surface area contributed by atoms with Gasteiger partial charge in [-0.3, -0.25) is 19.3 Å². The van der Waals surface area contributed by atoms with Crippen LogP contribution in [0.1, 0.15) is 18.4 Å². The molecule has 140 valence electrons. The van der Waals surface area contributed by atoms with E-state index < -0.39 is 0 Å². The molecule has 0 spiro atoms. The fourth-order valence-corrected chi connectivity index (χ4v) is 5.53. The van der Waals surface area contributed by atoms with Gasteiger partial charge in [0.15, 0.2) is 0 Å². The lowest BCUT2D eigenvalue weighted by Crippen LogP contribution is -2.40. The van der Waals surface area contributed by atoms with Crippen LogP contribution in [0.25, 0.3) is 0 Å². The Morgan fingerprint density at radius 3 is 2.37 bits per heavy atom. The van der Waals surface area contributed by atoms with Crippen molar-refractivity contribution in [2.45, 2.75) is 19.8 Å². The highest BCUT2D eigenvalue weighted by Gasteiger charge is 2.66. The molecule has 1 aliphatic heterocycles. The van der Waals surface area contributed by atoms with E-state index in [1.54, 1.807) is 12.1 Å². The number of nitrogens with one attached hydrogen (secondary N) is 1. The number of halogens is 1. The van der Waals surface area contributed by atoms with E-state index in [9.17, 15) is 14.4 Å². The van der Waals surface area contributed by atoms with Crippen LogP contribution in [0.5, 0.6) is 0 Å². The maximum Gasteiger partial charge on any atom is 0.233 e. The largest absolute Gasteiger partial charge is 0.326 e. The Balaban J connectivity index is 1.24. The average molecular weight is 385 g/mol. The predicted octanol–water partition coefficient (Wildman–Crippen LogP) is 3.03. The first-order valence-electron chi connectivity index (χ1n) is 9.55. The van der Waals surface area contributed by atoms with Gasteiger partial charge in [0.2, 0.25) is 17.7 Å². The Morgan fingerprint density at radius 1 is 1.15 bits per heavy atom. The number of anilines is 1. The molecule has 0 radical (unpaired) electrons. The molecule has 1 N–H and O–H groups in total. The van der Waals surface area contributed by atoms with Crippen molar-refractivity contribution in [1.29, 1.82) is 0 Å². The molecule has 6 heteroatoms. The second-order valence-corrected chi connectivity index (χ2v) is 8.65. The summed E-state index contributed by atoms with van der Waals surface area (Å²) in [6.07, 6.45) is 5.56. The summed E-state index contributed by atoms with van der Waals surface area (Å²) in [5.74, 6) is 0.826. The van der Waals surface area contributed by atoms with Crippen LogP contribution in [0.2, 0.25) is 5.02 Å². The molecule has 2 bridgehead atoms. The molecule has 1 aromatic carbocycles. The molecule has 0 unspecified atom stereocenters. The lowest BCUT2D eigenvalue weighted by Gasteiger charge is -2.37. The van der Waals surface area contributed by atoms with E-state index in [1.807, 2.05) is 13.0 Å². The van der Waals surface area contributed by atoms with Gasteiger partial charge in [-0.05, 0) is 54.7 Å². The van der Waals surface area contributed by atoms with Gasteiger partial charge in [0.05, 0.1) is 11.8 Å². The summed E-state index contributed by atoms with van der Waals surface area (Å²) in [5.41, 5.74) is 1.55. The highest BCUT2D eigenvalue weighted by atomic mass is 35.5. The number of imide groups is 1. The molecule has 1 saturated heterocycles. The van der Waals surface area contributed by atoms with Gasteiger partial charge < -0.3 is 5.32 Å². The molecule has 5 aliphatic rings. The first kappa shape index (κ1) is 17.0. The lowest BCUT2D eigenvalue weighted by molar-refractivity contribution is -0.140. The third-order valence-electron chi connectivity index (χ3n) is 6.77. The Morgan fingerprint density at radius 2 is 1.78 bits per heavy atom. The number of amides is 3. The van der Waals surface area contributed by atoms with E-state index in [0.717, 1.165) is 12.0 Å². The summed E-state index contributed by atoms with van der Waals surface area (Å²) >= 11 is 6.08. The quantitative estimate of drug-likeness (QED) is 0.641. The zero-order chi connectivity index (χ0) is 18.9. The maximum atomic E-state index is 12.9. The monoisotopic (exact) mass is 384 g/mol. The molecule has 2 saturated carbocycles. The number of rotatable bonds is 4. The highest BCUT2D eigenvalue weighted by Crippen LogP contribution is 2.65. The molecule has 0 aromatic heterocycles. The van der Waals surface area contributed by atoms with Crippen LogP contribution in [0.3, 0.4) is 0 Å². The van der Waals surface area contributed by atoms with Gasteiger partial charge in [0, 0.05) is 23.7 Å². The molecule has 1 heterocycles. The van der Waals surface area contributed by atoms with Crippen LogP contribution in [-0.2, 0) is 14.4 Å². The van der Waals surface area contributed by atoms with E-state index in [1.165, 1.54) is 4.90 Å². The van der Waals surface area contributed by atoms with Gasteiger partial charge in [-0.2, -0.15) is 0 Å². The third-order valence-corrected chi connectivity index (χ3v) is 7.18. The van der Waals surface area contributed by atoms with Gasteiger partial charge >= 0.3 is 0 Å². The summed E-state index contributed by atoms with van der Waals surface area (Å²) in [6, 6.07) is 5.32. The van der Waals surface area contributed by atoms with Crippen molar-refractivity contribution in [3.05, 3.63) is 40.9 Å². The van der Waals surface area contributed by atoms with Gasteiger partial charge in [0.1, 0.15) is 0 Å². The number of likely N-dealkylation sites (tertiary alicyclic amines) is 1. The topological polar surface area (TPSA) is 66.5 Å². The number of carbonyl (C=O) groups is 3. The van der Waals surface area contributed by atoms with Crippen molar-refractivity contribution >= 4 is 35.0 Å². The third kappa shape index (κ3) is 2.55. The normalized spacial score (nSPS) is 35.3. The molecular formula is C21H21ClN2O3. The summed E-state index contributed by atoms with van der Waals surface area (Å²) in [7, 11) is 0. The SMILES string of the molecule is Cc1ccc(NC(=O)CCN2C(=O)[C@H]3[C@@H]4C=C[C@@H]([C@H]5C[C@H]45)[C@@H]3C2=O)cc1Cl. The van der Waals surface area contributed by atoms with Gasteiger partial charge in [-0.1, -0.05) is 29.8 Å². The van der Waals surface area contributed by atoms with E-state index in [4.69, 9.17) is 11.6 Å². The minimum absolute atomic E-state index is 0.0825. The molecule has 5 nitrogen and oxygen atoms in total. The number of carbonyl (C=O) groups excluding carboxylic acids is 3. The fraction of sp³-hybridized carbons (Fsp3) is 0.476. The summed E-state index contributed by atoms with van der Waals surface area (Å²) < 4.78 is 0. The van der Waals surface area contributed by atoms with Crippen LogP contribution in [0.4, 0.5) is 5.69 Å². The van der Waals surface area contributed by atoms with Gasteiger partial charge in [-0.25, -0.2) is 0 Å². The molecule has 6 atom stereocenters. The van der Waals surface area contributed by atoms with Crippen molar-refractivity contribution in [1.82, 2.24) is 4.90 Å². The number of hydrogen-bond acceptors (Lipinski definition) is 3. The molecule has 27 heavy (non-hydrogen) atoms. The Labute approximate surface area is 162 Å². The number of hydrogen-bond donors (Lipinski definition) is 1. The van der Waals surface area contributed by atoms with Crippen LogP contribution in [0, 0.1) is 42.4 Å². The minimum Gasteiger partial charge on any atom is -0.326 e. The van der Waals surface area contributed by atoms with Crippen molar-refractivity contribution in [3.63, 3.8) is 0 Å². The van der Waals surface area contributed by atoms with Crippen molar-refractivity contribution < 1.29 is 14.4 Å². The standard InChI is InChI=1S/C21H21ClN2O3/c1-10-2-3-11(8-16(10)22)23-17(25)6-7-24-20(26)18-12-4-5-13(15-9-14(12)15)19(18)21(24)27/h2-5,8,12-15,18-19H,6-7,9H2,1H3,(H,23,25)/t12-,13+,14-,15-,18+,19+/m1/s1. The minimum atomic E-state index is -0.227. The lowest BCUT2D eigenvalue weighted by atomic mass is 9.63. The van der Waals surface area contributed by atoms with Crippen molar-refractivity contribution in [2.24, 2.45) is 35.5 Å². The predicted molar refractivity (Wildman–Crippen MR) is 101 cm³/mol. The van der Waals surface area contributed by atoms with Gasteiger partial charge in [0.25, 0.3) is 0 Å². The summed E-state index contributed by atoms with van der Waals surface area (Å²) in [5, 5.41) is 3.37. The smallest absolute Gasteiger partial charge is 0.233 e. The molecular weight excluding hydrogens is 364 g/mol. The van der Waals surface area contributed by atoms with Crippen LogP contribution in [-0.4, -0.2) is 29.2 Å². The van der Waals surface area contributed by atoms with Crippen molar-refractivity contribution in [2.75, 3.05) is 11.9 Å². The zero-order valence-corrected chi connectivity index (χ0v) is 15.8.